The fraction of sp³-hybridized carbons (Fsp3) is 0.308. The van der Waals surface area contributed by atoms with Crippen molar-refractivity contribution in [3.8, 4) is 0 Å². The van der Waals surface area contributed by atoms with Gasteiger partial charge in [-0.15, -0.1) is 0 Å². The quantitative estimate of drug-likeness (QED) is 0.673. The van der Waals surface area contributed by atoms with Crippen LogP contribution in [-0.2, 0) is 13.1 Å². The number of hydrogen-bond acceptors (Lipinski definition) is 0. The van der Waals surface area contributed by atoms with E-state index in [9.17, 15) is 0 Å². The van der Waals surface area contributed by atoms with Crippen LogP contribution in [0.15, 0.2) is 43.0 Å². The van der Waals surface area contributed by atoms with Gasteiger partial charge in [0.25, 0.3) is 0 Å². The molecule has 1 heterocycles. The minimum absolute atomic E-state index is 0.952. The zero-order valence-electron chi connectivity index (χ0n) is 9.35. The fourth-order valence-corrected chi connectivity index (χ4v) is 1.62. The van der Waals surface area contributed by atoms with Gasteiger partial charge >= 0.3 is 0 Å². The minimum Gasteiger partial charge on any atom is -0.237 e. The lowest BCUT2D eigenvalue weighted by atomic mass is 10.1. The van der Waals surface area contributed by atoms with Crippen LogP contribution in [0.5, 0.6) is 0 Å². The van der Waals surface area contributed by atoms with Gasteiger partial charge in [0, 0.05) is 0 Å². The molecule has 78 valence electrons. The first-order valence-corrected chi connectivity index (χ1v) is 5.38. The molecule has 0 aliphatic heterocycles. The summed E-state index contributed by atoms with van der Waals surface area (Å²) in [5, 5.41) is 0. The van der Waals surface area contributed by atoms with Crippen LogP contribution < -0.4 is 4.57 Å². The highest BCUT2D eigenvalue weighted by Gasteiger charge is 2.02. The molecule has 0 unspecified atom stereocenters. The molecule has 15 heavy (non-hydrogen) atoms. The third-order valence-corrected chi connectivity index (χ3v) is 2.60. The Morgan fingerprint density at radius 1 is 1.20 bits per heavy atom. The van der Waals surface area contributed by atoms with Gasteiger partial charge in [0.05, 0.1) is 6.54 Å². The van der Waals surface area contributed by atoms with Crippen LogP contribution in [0, 0.1) is 6.92 Å². The maximum absolute atomic E-state index is 2.20. The Hall–Kier alpha value is -1.57. The second-order valence-electron chi connectivity index (χ2n) is 3.90. The third kappa shape index (κ3) is 2.46. The van der Waals surface area contributed by atoms with E-state index in [2.05, 4.69) is 66.0 Å². The van der Waals surface area contributed by atoms with E-state index in [1.807, 2.05) is 0 Å². The van der Waals surface area contributed by atoms with E-state index in [0.717, 1.165) is 13.1 Å². The summed E-state index contributed by atoms with van der Waals surface area (Å²) in [6.45, 7) is 6.24. The van der Waals surface area contributed by atoms with Crippen LogP contribution in [0.2, 0.25) is 0 Å². The smallest absolute Gasteiger partial charge is 0.237 e. The first-order valence-electron chi connectivity index (χ1n) is 5.38. The predicted molar refractivity (Wildman–Crippen MR) is 60.6 cm³/mol. The molecule has 0 spiro atoms. The van der Waals surface area contributed by atoms with Gasteiger partial charge in [-0.2, -0.15) is 0 Å². The van der Waals surface area contributed by atoms with Crippen LogP contribution in [0.4, 0.5) is 0 Å². The van der Waals surface area contributed by atoms with Crippen LogP contribution >= 0.6 is 0 Å². The monoisotopic (exact) mass is 201 g/mol. The largest absolute Gasteiger partial charge is 0.244 e. The van der Waals surface area contributed by atoms with Gasteiger partial charge in [-0.3, -0.25) is 0 Å². The summed E-state index contributed by atoms with van der Waals surface area (Å²) in [4.78, 5) is 0. The first-order chi connectivity index (χ1) is 7.28. The van der Waals surface area contributed by atoms with Gasteiger partial charge in [0.15, 0.2) is 0 Å². The molecule has 0 N–H and O–H groups in total. The Balaban J connectivity index is 2.11. The Morgan fingerprint density at radius 2 is 1.93 bits per heavy atom. The predicted octanol–water partition coefficient (Wildman–Crippen LogP) is 2.15. The topological polar surface area (TPSA) is 8.81 Å². The fourth-order valence-electron chi connectivity index (χ4n) is 1.62. The van der Waals surface area contributed by atoms with E-state index >= 15 is 0 Å². The van der Waals surface area contributed by atoms with Gasteiger partial charge in [-0.05, 0) is 19.4 Å². The van der Waals surface area contributed by atoms with Crippen LogP contribution in [0.3, 0.4) is 0 Å². The molecular formula is C13H17N2+. The highest BCUT2D eigenvalue weighted by Crippen LogP contribution is 2.02. The van der Waals surface area contributed by atoms with Crippen molar-refractivity contribution >= 4 is 0 Å². The second kappa shape index (κ2) is 4.30. The Kier molecular flexibility index (Phi) is 2.86. The second-order valence-corrected chi connectivity index (χ2v) is 3.90. The maximum atomic E-state index is 2.20. The molecule has 0 saturated carbocycles. The van der Waals surface area contributed by atoms with Gasteiger partial charge < -0.3 is 0 Å². The average Bonchev–Trinajstić information content (AvgIpc) is 2.69. The SMILES string of the molecule is CCn1cc[n+](Cc2ccc(C)cc2)c1. The molecule has 2 rings (SSSR count). The molecule has 0 amide bonds. The highest BCUT2D eigenvalue weighted by atomic mass is 15.1. The summed E-state index contributed by atoms with van der Waals surface area (Å²) in [6, 6.07) is 8.69. The summed E-state index contributed by atoms with van der Waals surface area (Å²) in [7, 11) is 0. The van der Waals surface area contributed by atoms with Crippen LogP contribution in [0.1, 0.15) is 18.1 Å². The molecule has 0 fully saturated rings. The van der Waals surface area contributed by atoms with Crippen molar-refractivity contribution < 1.29 is 4.57 Å². The van der Waals surface area contributed by atoms with Crippen molar-refractivity contribution in [3.63, 3.8) is 0 Å². The molecule has 0 aliphatic rings. The highest BCUT2D eigenvalue weighted by molar-refractivity contribution is 5.20. The summed E-state index contributed by atoms with van der Waals surface area (Å²) < 4.78 is 4.38. The lowest BCUT2D eigenvalue weighted by Crippen LogP contribution is -2.31. The van der Waals surface area contributed by atoms with Crippen molar-refractivity contribution in [3.05, 3.63) is 54.1 Å². The van der Waals surface area contributed by atoms with Crippen molar-refractivity contribution in [2.75, 3.05) is 0 Å². The Bertz CT molecular complexity index is 426. The number of imidazole rings is 1. The number of rotatable bonds is 3. The van der Waals surface area contributed by atoms with E-state index < -0.39 is 0 Å². The van der Waals surface area contributed by atoms with Crippen molar-refractivity contribution in [2.45, 2.75) is 26.9 Å². The van der Waals surface area contributed by atoms with Gasteiger partial charge in [0.1, 0.15) is 18.9 Å². The standard InChI is InChI=1S/C13H17N2/c1-3-14-8-9-15(11-14)10-13-6-4-12(2)5-7-13/h4-9,11H,3,10H2,1-2H3/q+1. The maximum Gasteiger partial charge on any atom is 0.244 e. The van der Waals surface area contributed by atoms with Gasteiger partial charge in [-0.1, -0.05) is 29.8 Å². The zero-order valence-corrected chi connectivity index (χ0v) is 9.35. The average molecular weight is 201 g/mol. The molecule has 0 saturated heterocycles. The molecule has 0 atom stereocenters. The van der Waals surface area contributed by atoms with Gasteiger partial charge in [0.2, 0.25) is 6.33 Å². The first kappa shape index (κ1) is 9.97. The molecule has 2 heteroatoms. The Morgan fingerprint density at radius 3 is 2.53 bits per heavy atom. The molecule has 1 aromatic heterocycles. The number of benzene rings is 1. The lowest BCUT2D eigenvalue weighted by Gasteiger charge is -1.98. The molecule has 1 aromatic carbocycles. The third-order valence-electron chi connectivity index (χ3n) is 2.60. The van der Waals surface area contributed by atoms with Crippen LogP contribution in [-0.4, -0.2) is 4.57 Å². The molecule has 0 bridgehead atoms. The molecule has 0 radical (unpaired) electrons. The van der Waals surface area contributed by atoms with E-state index in [4.69, 9.17) is 0 Å². The van der Waals surface area contributed by atoms with E-state index in [-0.39, 0.29) is 0 Å². The number of nitrogens with zero attached hydrogens (tertiary/aromatic N) is 2. The van der Waals surface area contributed by atoms with E-state index in [0.29, 0.717) is 0 Å². The molecule has 2 nitrogen and oxygen atoms in total. The molecule has 2 aromatic rings. The van der Waals surface area contributed by atoms with Crippen molar-refractivity contribution in [2.24, 2.45) is 0 Å². The van der Waals surface area contributed by atoms with Gasteiger partial charge in [-0.25, -0.2) is 9.13 Å². The van der Waals surface area contributed by atoms with Crippen molar-refractivity contribution in [1.29, 1.82) is 0 Å². The molecular weight excluding hydrogens is 184 g/mol. The molecule has 0 aliphatic carbocycles. The summed E-state index contributed by atoms with van der Waals surface area (Å²) in [6.07, 6.45) is 6.36. The number of hydrogen-bond donors (Lipinski definition) is 0. The van der Waals surface area contributed by atoms with E-state index in [1.165, 1.54) is 11.1 Å². The summed E-state index contributed by atoms with van der Waals surface area (Å²) in [5.41, 5.74) is 2.66. The minimum atomic E-state index is 0.952. The van der Waals surface area contributed by atoms with E-state index in [1.54, 1.807) is 0 Å². The van der Waals surface area contributed by atoms with Crippen LogP contribution in [0.25, 0.3) is 0 Å². The normalized spacial score (nSPS) is 10.5. The zero-order chi connectivity index (χ0) is 10.7. The summed E-state index contributed by atoms with van der Waals surface area (Å²) >= 11 is 0. The Labute approximate surface area is 90.8 Å². The number of aromatic nitrogens is 2. The lowest BCUT2D eigenvalue weighted by molar-refractivity contribution is -0.687. The van der Waals surface area contributed by atoms with Crippen molar-refractivity contribution in [1.82, 2.24) is 4.57 Å². The summed E-state index contributed by atoms with van der Waals surface area (Å²) in [5.74, 6) is 0. The number of aryl methyl sites for hydroxylation is 2.